The first kappa shape index (κ1) is 25.3. The van der Waals surface area contributed by atoms with Gasteiger partial charge in [-0.05, 0) is 86.7 Å². The van der Waals surface area contributed by atoms with Crippen LogP contribution in [-0.4, -0.2) is 9.38 Å². The van der Waals surface area contributed by atoms with Crippen LogP contribution in [0.3, 0.4) is 0 Å². The number of nitrogens with zero attached hydrogens (tertiary/aromatic N) is 2. The SMILES string of the molecule is CC(C)c1cc2ccnc3c4cc5cc(CC(C)(C)C)ccc5c(CC(C)(C)C)c4n4c5ccccc5c1c4c23. The molecule has 0 amide bonds. The third kappa shape index (κ3) is 3.79. The van der Waals surface area contributed by atoms with Crippen molar-refractivity contribution in [3.8, 4) is 0 Å². The van der Waals surface area contributed by atoms with Crippen LogP contribution >= 0.6 is 0 Å². The number of aromatic nitrogens is 2. The third-order valence-corrected chi connectivity index (χ3v) is 8.52. The van der Waals surface area contributed by atoms with Crippen LogP contribution in [0.5, 0.6) is 0 Å². The molecule has 7 aromatic rings. The number of rotatable bonds is 3. The molecule has 0 saturated carbocycles. The van der Waals surface area contributed by atoms with E-state index < -0.39 is 0 Å². The fraction of sp³-hybridized carbons (Fsp3) is 0.342. The van der Waals surface area contributed by atoms with Crippen molar-refractivity contribution in [2.24, 2.45) is 10.8 Å². The van der Waals surface area contributed by atoms with Gasteiger partial charge in [0, 0.05) is 27.7 Å². The molecule has 0 atom stereocenters. The molecule has 0 fully saturated rings. The van der Waals surface area contributed by atoms with Crippen molar-refractivity contribution < 1.29 is 0 Å². The van der Waals surface area contributed by atoms with Crippen molar-refractivity contribution in [2.75, 3.05) is 0 Å². The van der Waals surface area contributed by atoms with Gasteiger partial charge in [0.05, 0.1) is 22.1 Å². The van der Waals surface area contributed by atoms with E-state index in [0.717, 1.165) is 18.4 Å². The van der Waals surface area contributed by atoms with Gasteiger partial charge in [0.2, 0.25) is 0 Å². The minimum Gasteiger partial charge on any atom is -0.308 e. The number of fused-ring (bicyclic) bond motifs is 7. The molecule has 0 unspecified atom stereocenters. The van der Waals surface area contributed by atoms with Crippen molar-refractivity contribution in [1.82, 2.24) is 9.38 Å². The van der Waals surface area contributed by atoms with E-state index in [1.54, 1.807) is 0 Å². The molecule has 0 radical (unpaired) electrons. The van der Waals surface area contributed by atoms with E-state index in [-0.39, 0.29) is 10.8 Å². The molecule has 0 aliphatic carbocycles. The average Bonchev–Trinajstić information content (AvgIpc) is 3.21. The van der Waals surface area contributed by atoms with Crippen molar-refractivity contribution in [3.05, 3.63) is 83.6 Å². The minimum atomic E-state index is 0.133. The number of hydrogen-bond acceptors (Lipinski definition) is 1. The predicted octanol–water partition coefficient (Wildman–Crippen LogP) is 10.8. The van der Waals surface area contributed by atoms with E-state index in [2.05, 4.69) is 120 Å². The second-order valence-electron chi connectivity index (χ2n) is 14.7. The zero-order chi connectivity index (χ0) is 28.1. The van der Waals surface area contributed by atoms with Gasteiger partial charge in [-0.3, -0.25) is 4.98 Å². The standard InChI is InChI=1S/C38H40N2/c1-22(2)28-18-24-15-16-39-34-29-19-25-17-23(20-37(3,4)5)13-14-26(25)30(21-38(6,7)8)35(29)40-31-12-10-9-11-27(31)33(28)36(40)32(24)34/h9-19,22H,20-21H2,1-8H3. The van der Waals surface area contributed by atoms with Crippen LogP contribution in [-0.2, 0) is 12.8 Å². The summed E-state index contributed by atoms with van der Waals surface area (Å²) in [6, 6.07) is 23.3. The molecule has 7 rings (SSSR count). The highest BCUT2D eigenvalue weighted by molar-refractivity contribution is 6.29. The molecule has 0 saturated heterocycles. The second-order valence-corrected chi connectivity index (χ2v) is 14.7. The average molecular weight is 525 g/mol. The molecule has 4 aromatic carbocycles. The highest BCUT2D eigenvalue weighted by Gasteiger charge is 2.26. The first-order valence-electron chi connectivity index (χ1n) is 14.9. The maximum Gasteiger partial charge on any atom is 0.0823 e. The first-order valence-corrected chi connectivity index (χ1v) is 14.9. The zero-order valence-electron chi connectivity index (χ0n) is 25.2. The van der Waals surface area contributed by atoms with Crippen LogP contribution in [0.4, 0.5) is 0 Å². The van der Waals surface area contributed by atoms with Gasteiger partial charge < -0.3 is 4.40 Å². The van der Waals surface area contributed by atoms with E-state index in [9.17, 15) is 0 Å². The van der Waals surface area contributed by atoms with Crippen LogP contribution in [0.1, 0.15) is 78.0 Å². The Morgan fingerprint density at radius 1 is 0.700 bits per heavy atom. The summed E-state index contributed by atoms with van der Waals surface area (Å²) >= 11 is 0. The van der Waals surface area contributed by atoms with E-state index in [4.69, 9.17) is 4.98 Å². The highest BCUT2D eigenvalue weighted by Crippen LogP contribution is 2.46. The summed E-state index contributed by atoms with van der Waals surface area (Å²) in [5.74, 6) is 0.425. The van der Waals surface area contributed by atoms with E-state index >= 15 is 0 Å². The van der Waals surface area contributed by atoms with Gasteiger partial charge in [-0.25, -0.2) is 0 Å². The number of para-hydroxylation sites is 1. The van der Waals surface area contributed by atoms with Gasteiger partial charge in [-0.2, -0.15) is 0 Å². The molecule has 0 bridgehead atoms. The maximum absolute atomic E-state index is 5.12. The van der Waals surface area contributed by atoms with Gasteiger partial charge in [-0.1, -0.05) is 91.8 Å². The van der Waals surface area contributed by atoms with Gasteiger partial charge in [0.15, 0.2) is 0 Å². The Bertz CT molecular complexity index is 2090. The molecule has 40 heavy (non-hydrogen) atoms. The smallest absolute Gasteiger partial charge is 0.0823 e. The molecule has 2 nitrogen and oxygen atoms in total. The van der Waals surface area contributed by atoms with E-state index in [1.165, 1.54) is 70.9 Å². The lowest BCUT2D eigenvalue weighted by Crippen LogP contribution is -2.12. The Morgan fingerprint density at radius 2 is 1.45 bits per heavy atom. The largest absolute Gasteiger partial charge is 0.308 e. The van der Waals surface area contributed by atoms with E-state index in [0.29, 0.717) is 5.92 Å². The van der Waals surface area contributed by atoms with Crippen LogP contribution in [0.2, 0.25) is 0 Å². The second kappa shape index (κ2) is 8.43. The molecule has 2 heteroatoms. The van der Waals surface area contributed by atoms with Gasteiger partial charge in [0.25, 0.3) is 0 Å². The summed E-state index contributed by atoms with van der Waals surface area (Å²) in [6.45, 7) is 18.7. The summed E-state index contributed by atoms with van der Waals surface area (Å²) in [4.78, 5) is 5.12. The molecule has 3 aromatic heterocycles. The quantitative estimate of drug-likeness (QED) is 0.166. The molecular formula is C38H40N2. The third-order valence-electron chi connectivity index (χ3n) is 8.52. The molecule has 0 aliphatic heterocycles. The number of hydrogen-bond donors (Lipinski definition) is 0. The van der Waals surface area contributed by atoms with Crippen molar-refractivity contribution in [1.29, 1.82) is 0 Å². The Balaban J connectivity index is 1.78. The molecular weight excluding hydrogens is 484 g/mol. The van der Waals surface area contributed by atoms with Crippen LogP contribution < -0.4 is 0 Å². The Labute approximate surface area is 237 Å². The molecule has 0 aliphatic rings. The fourth-order valence-electron chi connectivity index (χ4n) is 7.13. The topological polar surface area (TPSA) is 17.3 Å². The fourth-order valence-corrected chi connectivity index (χ4v) is 7.13. The highest BCUT2D eigenvalue weighted by atomic mass is 14.9. The zero-order valence-corrected chi connectivity index (χ0v) is 25.2. The number of pyridine rings is 2. The lowest BCUT2D eigenvalue weighted by molar-refractivity contribution is 0.411. The maximum atomic E-state index is 5.12. The summed E-state index contributed by atoms with van der Waals surface area (Å²) in [5.41, 5.74) is 9.71. The van der Waals surface area contributed by atoms with Crippen molar-refractivity contribution in [2.45, 2.75) is 74.1 Å². The first-order chi connectivity index (χ1) is 18.9. The van der Waals surface area contributed by atoms with Gasteiger partial charge in [-0.15, -0.1) is 0 Å². The van der Waals surface area contributed by atoms with Gasteiger partial charge in [0.1, 0.15) is 0 Å². The van der Waals surface area contributed by atoms with Crippen LogP contribution in [0, 0.1) is 10.8 Å². The lowest BCUT2D eigenvalue weighted by atomic mass is 9.83. The Kier molecular flexibility index (Phi) is 5.34. The van der Waals surface area contributed by atoms with Crippen LogP contribution in [0.25, 0.3) is 59.8 Å². The van der Waals surface area contributed by atoms with Gasteiger partial charge >= 0.3 is 0 Å². The Morgan fingerprint density at radius 3 is 2.17 bits per heavy atom. The molecule has 0 N–H and O–H groups in total. The predicted molar refractivity (Wildman–Crippen MR) is 174 cm³/mol. The van der Waals surface area contributed by atoms with Crippen molar-refractivity contribution in [3.63, 3.8) is 0 Å². The summed E-state index contributed by atoms with van der Waals surface area (Å²) in [7, 11) is 0. The molecule has 202 valence electrons. The molecule has 0 spiro atoms. The Hall–Kier alpha value is -3.65. The van der Waals surface area contributed by atoms with E-state index in [1.807, 2.05) is 6.20 Å². The summed E-state index contributed by atoms with van der Waals surface area (Å²) < 4.78 is 2.60. The minimum absolute atomic E-state index is 0.133. The number of benzene rings is 4. The van der Waals surface area contributed by atoms with Crippen LogP contribution in [0.15, 0.2) is 66.9 Å². The summed E-state index contributed by atoms with van der Waals surface area (Å²) in [5, 5.41) is 9.26. The normalized spacial score (nSPS) is 13.4. The summed E-state index contributed by atoms with van der Waals surface area (Å²) in [6.07, 6.45) is 4.07. The lowest BCUT2D eigenvalue weighted by Gasteiger charge is -2.24. The van der Waals surface area contributed by atoms with Crippen molar-refractivity contribution >= 4 is 59.8 Å². The monoisotopic (exact) mass is 524 g/mol. The molecule has 3 heterocycles.